The summed E-state index contributed by atoms with van der Waals surface area (Å²) in [6.07, 6.45) is 4.13. The highest BCUT2D eigenvalue weighted by Crippen LogP contribution is 2.39. The van der Waals surface area contributed by atoms with Crippen LogP contribution in [-0.2, 0) is 28.4 Å². The number of aromatic nitrogens is 1. The summed E-state index contributed by atoms with van der Waals surface area (Å²) in [7, 11) is -1.17. The van der Waals surface area contributed by atoms with Gasteiger partial charge in [0.05, 0.1) is 21.3 Å². The minimum Gasteiger partial charge on any atom is -0.512 e. The molecule has 166 valence electrons. The fraction of sp³-hybridized carbons (Fsp3) is 0.462. The van der Waals surface area contributed by atoms with Gasteiger partial charge in [0.25, 0.3) is 0 Å². The lowest BCUT2D eigenvalue weighted by atomic mass is 9.76. The topological polar surface area (TPSA) is 67.3 Å². The Balaban J connectivity index is 1.84. The van der Waals surface area contributed by atoms with E-state index >= 15 is 0 Å². The molecule has 3 unspecified atom stereocenters. The number of aryl methyl sites for hydroxylation is 4. The van der Waals surface area contributed by atoms with Gasteiger partial charge in [-0.3, -0.25) is 14.0 Å². The normalized spacial score (nSPS) is 18.9. The number of rotatable bonds is 7. The number of carbonyl (C=O) groups excluding carboxylic acids is 1. The van der Waals surface area contributed by atoms with Gasteiger partial charge in [0.1, 0.15) is 5.76 Å². The number of nitrogens with zero attached hydrogens (tertiary/aromatic N) is 1. The molecule has 1 N–H and O–H groups in total. The third-order valence-electron chi connectivity index (χ3n) is 6.29. The molecule has 3 rings (SSSR count). The van der Waals surface area contributed by atoms with Crippen LogP contribution in [0.3, 0.4) is 0 Å². The van der Waals surface area contributed by atoms with Crippen LogP contribution < -0.4 is 0 Å². The van der Waals surface area contributed by atoms with Crippen LogP contribution in [0, 0.1) is 25.7 Å². The van der Waals surface area contributed by atoms with Gasteiger partial charge in [0.15, 0.2) is 5.78 Å². The number of aliphatic hydroxyl groups is 1. The zero-order valence-corrected chi connectivity index (χ0v) is 20.0. The van der Waals surface area contributed by atoms with Crippen LogP contribution in [-0.4, -0.2) is 25.8 Å². The van der Waals surface area contributed by atoms with E-state index in [4.69, 9.17) is 0 Å². The molecular weight excluding hydrogens is 406 g/mol. The Morgan fingerprint density at radius 3 is 2.29 bits per heavy atom. The molecule has 1 aromatic carbocycles. The molecule has 5 heteroatoms. The van der Waals surface area contributed by atoms with Gasteiger partial charge >= 0.3 is 0 Å². The summed E-state index contributed by atoms with van der Waals surface area (Å²) >= 11 is 0. The van der Waals surface area contributed by atoms with E-state index in [0.717, 1.165) is 35.2 Å². The van der Waals surface area contributed by atoms with Crippen molar-refractivity contribution in [1.29, 1.82) is 0 Å². The number of Topliss-reactive ketones (excluding diaryl/α,β-unsaturated/α-hetero) is 1. The van der Waals surface area contributed by atoms with Crippen molar-refractivity contribution in [2.24, 2.45) is 11.8 Å². The van der Waals surface area contributed by atoms with E-state index in [0.29, 0.717) is 29.1 Å². The highest BCUT2D eigenvalue weighted by molar-refractivity contribution is 7.85. The van der Waals surface area contributed by atoms with Gasteiger partial charge in [-0.1, -0.05) is 38.5 Å². The molecule has 3 atom stereocenters. The molecule has 0 radical (unpaired) electrons. The van der Waals surface area contributed by atoms with Gasteiger partial charge < -0.3 is 5.11 Å². The molecule has 1 aromatic heterocycles. The molecule has 1 aliphatic carbocycles. The molecule has 0 saturated carbocycles. The number of carbonyl (C=O) groups is 1. The largest absolute Gasteiger partial charge is 0.512 e. The maximum Gasteiger partial charge on any atom is 0.167 e. The lowest BCUT2D eigenvalue weighted by molar-refractivity contribution is -0.115. The molecule has 0 aliphatic heterocycles. The van der Waals surface area contributed by atoms with Crippen LogP contribution in [0.5, 0.6) is 0 Å². The van der Waals surface area contributed by atoms with Gasteiger partial charge in [-0.2, -0.15) is 0 Å². The van der Waals surface area contributed by atoms with Crippen LogP contribution in [0.15, 0.2) is 41.1 Å². The number of benzene rings is 1. The van der Waals surface area contributed by atoms with Gasteiger partial charge in [-0.15, -0.1) is 0 Å². The van der Waals surface area contributed by atoms with Gasteiger partial charge in [-0.05, 0) is 67.3 Å². The summed E-state index contributed by atoms with van der Waals surface area (Å²) in [6.45, 7) is 10.2. The Morgan fingerprint density at radius 1 is 1.13 bits per heavy atom. The number of hydrogen-bond donors (Lipinski definition) is 1. The van der Waals surface area contributed by atoms with Crippen molar-refractivity contribution in [3.8, 4) is 0 Å². The van der Waals surface area contributed by atoms with Crippen LogP contribution in [0.25, 0.3) is 5.57 Å². The summed E-state index contributed by atoms with van der Waals surface area (Å²) in [6, 6.07) is 7.95. The number of aliphatic hydroxyl groups excluding tert-OH is 1. The number of hydrogen-bond acceptors (Lipinski definition) is 4. The first-order valence-corrected chi connectivity index (χ1v) is 12.5. The lowest BCUT2D eigenvalue weighted by Gasteiger charge is -2.29. The summed E-state index contributed by atoms with van der Waals surface area (Å²) in [5.74, 6) is 0.667. The number of pyridine rings is 1. The number of allylic oxidation sites excluding steroid dienone is 2. The summed E-state index contributed by atoms with van der Waals surface area (Å²) < 4.78 is 12.8. The first-order chi connectivity index (χ1) is 14.7. The SMILES string of the molecule is CCc1cc(C)cc(CC)c1C1=C(O)CC(C(C)CS(=O)c2ccc(C)nc2)CC1=O. The molecule has 0 bridgehead atoms. The van der Waals surface area contributed by atoms with Crippen LogP contribution in [0.2, 0.25) is 0 Å². The molecular formula is C26H33NO3S. The van der Waals surface area contributed by atoms with Crippen LogP contribution in [0.4, 0.5) is 0 Å². The highest BCUT2D eigenvalue weighted by Gasteiger charge is 2.33. The first-order valence-electron chi connectivity index (χ1n) is 11.1. The Hall–Kier alpha value is -2.27. The van der Waals surface area contributed by atoms with Gasteiger partial charge in [0.2, 0.25) is 0 Å². The Labute approximate surface area is 188 Å². The molecule has 0 spiro atoms. The molecule has 0 fully saturated rings. The lowest BCUT2D eigenvalue weighted by Crippen LogP contribution is -2.27. The van der Waals surface area contributed by atoms with Crippen LogP contribution in [0.1, 0.15) is 61.6 Å². The maximum absolute atomic E-state index is 13.2. The second-order valence-corrected chi connectivity index (χ2v) is 10.2. The average molecular weight is 440 g/mol. The van der Waals surface area contributed by atoms with E-state index in [9.17, 15) is 14.1 Å². The molecule has 2 aromatic rings. The van der Waals surface area contributed by atoms with Crippen molar-refractivity contribution < 1.29 is 14.1 Å². The van der Waals surface area contributed by atoms with E-state index in [1.54, 1.807) is 6.20 Å². The quantitative estimate of drug-likeness (QED) is 0.617. The monoisotopic (exact) mass is 439 g/mol. The van der Waals surface area contributed by atoms with Gasteiger partial charge in [0, 0.05) is 30.5 Å². The van der Waals surface area contributed by atoms with Crippen molar-refractivity contribution in [3.63, 3.8) is 0 Å². The minimum absolute atomic E-state index is 0.00311. The van der Waals surface area contributed by atoms with Crippen molar-refractivity contribution in [2.75, 3.05) is 5.75 Å². The Bertz CT molecular complexity index is 998. The van der Waals surface area contributed by atoms with Crippen molar-refractivity contribution >= 4 is 22.2 Å². The summed E-state index contributed by atoms with van der Waals surface area (Å²) in [5.41, 5.74) is 5.74. The minimum atomic E-state index is -1.17. The average Bonchev–Trinajstić information content (AvgIpc) is 2.73. The van der Waals surface area contributed by atoms with Crippen molar-refractivity contribution in [1.82, 2.24) is 4.98 Å². The molecule has 0 saturated heterocycles. The fourth-order valence-corrected chi connectivity index (χ4v) is 5.82. The van der Waals surface area contributed by atoms with E-state index in [2.05, 4.69) is 37.9 Å². The Kier molecular flexibility index (Phi) is 7.47. The number of ketones is 1. The zero-order valence-electron chi connectivity index (χ0n) is 19.2. The van der Waals surface area contributed by atoms with Crippen LogP contribution >= 0.6 is 0 Å². The third-order valence-corrected chi connectivity index (χ3v) is 7.89. The predicted octanol–water partition coefficient (Wildman–Crippen LogP) is 5.52. The van der Waals surface area contributed by atoms with E-state index in [-0.39, 0.29) is 23.4 Å². The highest BCUT2D eigenvalue weighted by atomic mass is 32.2. The summed E-state index contributed by atoms with van der Waals surface area (Å²) in [5, 5.41) is 11.0. The second-order valence-electron chi connectivity index (χ2n) is 8.70. The van der Waals surface area contributed by atoms with Crippen molar-refractivity contribution in [2.45, 2.75) is 65.2 Å². The van der Waals surface area contributed by atoms with E-state index in [1.807, 2.05) is 26.0 Å². The van der Waals surface area contributed by atoms with Crippen molar-refractivity contribution in [3.05, 3.63) is 64.2 Å². The molecule has 1 aliphatic rings. The Morgan fingerprint density at radius 2 is 1.77 bits per heavy atom. The van der Waals surface area contributed by atoms with E-state index < -0.39 is 10.8 Å². The zero-order chi connectivity index (χ0) is 22.7. The van der Waals surface area contributed by atoms with Gasteiger partial charge in [-0.25, -0.2) is 0 Å². The molecule has 1 heterocycles. The van der Waals surface area contributed by atoms with E-state index in [1.165, 1.54) is 5.56 Å². The second kappa shape index (κ2) is 9.90. The first kappa shape index (κ1) is 23.4. The smallest absolute Gasteiger partial charge is 0.167 e. The molecule has 31 heavy (non-hydrogen) atoms. The standard InChI is InChI=1S/C26H33NO3S/c1-6-19-10-16(3)11-20(7-2)25(19)26-23(28)12-21(13-24(26)29)17(4)15-31(30)22-9-8-18(5)27-14-22/h8-11,14,17,21,28H,6-7,12-13,15H2,1-5H3. The third kappa shape index (κ3) is 5.15. The predicted molar refractivity (Wildman–Crippen MR) is 127 cm³/mol. The summed E-state index contributed by atoms with van der Waals surface area (Å²) in [4.78, 5) is 18.2. The maximum atomic E-state index is 13.2. The fourth-order valence-electron chi connectivity index (χ4n) is 4.49. The molecule has 4 nitrogen and oxygen atoms in total. The molecule has 0 amide bonds.